The molecule has 29 heavy (non-hydrogen) atoms. The molecule has 0 unspecified atom stereocenters. The van der Waals surface area contributed by atoms with E-state index in [1.807, 2.05) is 0 Å². The largest absolute Gasteiger partial charge is 0.385 e. The van der Waals surface area contributed by atoms with Crippen molar-refractivity contribution in [2.24, 2.45) is 0 Å². The number of non-ortho nitro benzene ring substituents is 1. The number of nitrogens with zero attached hydrogens (tertiary/aromatic N) is 1. The van der Waals surface area contributed by atoms with Gasteiger partial charge in [-0.3, -0.25) is 30.6 Å². The molecule has 2 rings (SSSR count). The number of nitrogens with one attached hydrogen (secondary N) is 3. The molecule has 10 nitrogen and oxygen atoms in total. The number of nitro benzene ring substituents is 1. The molecule has 0 heterocycles. The number of carbonyl (C=O) groups excluding carboxylic acids is 2. The third-order valence-electron chi connectivity index (χ3n) is 3.85. The molecule has 0 aliphatic heterocycles. The molecule has 0 bridgehead atoms. The fraction of sp³-hybridized carbons (Fsp3) is 0.222. The minimum atomic E-state index is -3.35. The predicted molar refractivity (Wildman–Crippen MR) is 106 cm³/mol. The molecular weight excluding hydrogens is 400 g/mol. The van der Waals surface area contributed by atoms with Crippen molar-refractivity contribution in [3.63, 3.8) is 0 Å². The summed E-state index contributed by atoms with van der Waals surface area (Å²) in [5.41, 5.74) is 5.44. The standard InChI is InChI=1S/C18H20N4O6S/c1-29(27,28)16-10-4-13(5-11-16)18(24)21-20-17(23)3-2-12-19-14-6-8-15(9-7-14)22(25)26/h4-11,19H,2-3,12H2,1H3,(H,20,23)(H,21,24). The number of amides is 2. The molecule has 0 spiro atoms. The van der Waals surface area contributed by atoms with Gasteiger partial charge >= 0.3 is 0 Å². The van der Waals surface area contributed by atoms with Crippen LogP contribution in [-0.4, -0.2) is 38.0 Å². The highest BCUT2D eigenvalue weighted by Crippen LogP contribution is 2.15. The first-order valence-electron chi connectivity index (χ1n) is 8.54. The zero-order valence-corrected chi connectivity index (χ0v) is 16.4. The number of benzene rings is 2. The first kappa shape index (κ1) is 21.8. The van der Waals surface area contributed by atoms with Crippen molar-refractivity contribution in [1.82, 2.24) is 10.9 Å². The highest BCUT2D eigenvalue weighted by molar-refractivity contribution is 7.90. The molecular formula is C18H20N4O6S. The number of carbonyl (C=O) groups is 2. The maximum Gasteiger partial charge on any atom is 0.269 e. The third-order valence-corrected chi connectivity index (χ3v) is 4.98. The fourth-order valence-corrected chi connectivity index (χ4v) is 2.93. The Balaban J connectivity index is 1.70. The molecule has 0 fully saturated rings. The average Bonchev–Trinajstić information content (AvgIpc) is 2.69. The number of rotatable bonds is 8. The lowest BCUT2D eigenvalue weighted by Gasteiger charge is -2.09. The quantitative estimate of drug-likeness (QED) is 0.334. The van der Waals surface area contributed by atoms with E-state index < -0.39 is 26.6 Å². The van der Waals surface area contributed by atoms with Crippen molar-refractivity contribution in [1.29, 1.82) is 0 Å². The molecule has 0 radical (unpaired) electrons. The molecule has 0 aliphatic carbocycles. The summed E-state index contributed by atoms with van der Waals surface area (Å²) < 4.78 is 22.8. The summed E-state index contributed by atoms with van der Waals surface area (Å²) in [7, 11) is -3.35. The average molecular weight is 420 g/mol. The molecule has 3 N–H and O–H groups in total. The Bertz CT molecular complexity index is 988. The number of hydrogen-bond donors (Lipinski definition) is 3. The minimum absolute atomic E-state index is 0.00312. The third kappa shape index (κ3) is 6.88. The molecule has 0 aromatic heterocycles. The van der Waals surface area contributed by atoms with Crippen LogP contribution in [0.15, 0.2) is 53.4 Å². The lowest BCUT2D eigenvalue weighted by Crippen LogP contribution is -2.41. The van der Waals surface area contributed by atoms with Crippen LogP contribution in [0.3, 0.4) is 0 Å². The fourth-order valence-electron chi connectivity index (χ4n) is 2.30. The monoisotopic (exact) mass is 420 g/mol. The van der Waals surface area contributed by atoms with Gasteiger partial charge in [0.05, 0.1) is 9.82 Å². The summed E-state index contributed by atoms with van der Waals surface area (Å²) in [4.78, 5) is 34.0. The van der Waals surface area contributed by atoms with E-state index in [1.165, 1.54) is 36.4 Å². The van der Waals surface area contributed by atoms with Crippen molar-refractivity contribution < 1.29 is 22.9 Å². The Labute approximate surface area is 167 Å². The number of anilines is 1. The van der Waals surface area contributed by atoms with Crippen LogP contribution >= 0.6 is 0 Å². The van der Waals surface area contributed by atoms with Crippen molar-refractivity contribution in [3.8, 4) is 0 Å². The summed E-state index contributed by atoms with van der Waals surface area (Å²) in [5, 5.41) is 13.6. The lowest BCUT2D eigenvalue weighted by atomic mass is 10.2. The van der Waals surface area contributed by atoms with Gasteiger partial charge in [-0.2, -0.15) is 0 Å². The van der Waals surface area contributed by atoms with Crippen molar-refractivity contribution >= 4 is 33.0 Å². The van der Waals surface area contributed by atoms with Crippen molar-refractivity contribution in [2.45, 2.75) is 17.7 Å². The number of hydrazine groups is 1. The second-order valence-electron chi connectivity index (χ2n) is 6.13. The van der Waals surface area contributed by atoms with E-state index in [1.54, 1.807) is 12.1 Å². The van der Waals surface area contributed by atoms with Crippen LogP contribution in [0.1, 0.15) is 23.2 Å². The number of nitro groups is 1. The Morgan fingerprint density at radius 3 is 2.17 bits per heavy atom. The van der Waals surface area contributed by atoms with Crippen LogP contribution in [0.5, 0.6) is 0 Å². The summed E-state index contributed by atoms with van der Waals surface area (Å²) in [6.45, 7) is 0.464. The molecule has 2 aromatic rings. The van der Waals surface area contributed by atoms with Gasteiger partial charge in [0.1, 0.15) is 0 Å². The minimum Gasteiger partial charge on any atom is -0.385 e. The van der Waals surface area contributed by atoms with E-state index in [2.05, 4.69) is 16.2 Å². The molecule has 0 aliphatic rings. The van der Waals surface area contributed by atoms with Crippen LogP contribution < -0.4 is 16.2 Å². The van der Waals surface area contributed by atoms with Gasteiger partial charge < -0.3 is 5.32 Å². The van der Waals surface area contributed by atoms with Crippen LogP contribution in [0, 0.1) is 10.1 Å². The second kappa shape index (κ2) is 9.64. The number of sulfone groups is 1. The van der Waals surface area contributed by atoms with E-state index >= 15 is 0 Å². The maximum atomic E-state index is 12.0. The van der Waals surface area contributed by atoms with E-state index in [0.29, 0.717) is 18.7 Å². The van der Waals surface area contributed by atoms with Crippen LogP contribution in [0.2, 0.25) is 0 Å². The Morgan fingerprint density at radius 1 is 1.00 bits per heavy atom. The predicted octanol–water partition coefficient (Wildman–Crippen LogP) is 1.65. The summed E-state index contributed by atoms with van der Waals surface area (Å²) in [6.07, 6.45) is 1.69. The van der Waals surface area contributed by atoms with Gasteiger partial charge in [-0.15, -0.1) is 0 Å². The molecule has 2 aromatic carbocycles. The van der Waals surface area contributed by atoms with Gasteiger partial charge in [-0.1, -0.05) is 0 Å². The topological polar surface area (TPSA) is 148 Å². The van der Waals surface area contributed by atoms with Gasteiger partial charge in [-0.25, -0.2) is 8.42 Å². The van der Waals surface area contributed by atoms with Crippen LogP contribution in [0.25, 0.3) is 0 Å². The SMILES string of the molecule is CS(=O)(=O)c1ccc(C(=O)NNC(=O)CCCNc2ccc([N+](=O)[O-])cc2)cc1. The van der Waals surface area contributed by atoms with Gasteiger partial charge in [-0.05, 0) is 42.8 Å². The van der Waals surface area contributed by atoms with E-state index in [0.717, 1.165) is 6.26 Å². The maximum absolute atomic E-state index is 12.0. The van der Waals surface area contributed by atoms with Gasteiger partial charge in [0.2, 0.25) is 5.91 Å². The summed E-state index contributed by atoms with van der Waals surface area (Å²) >= 11 is 0. The van der Waals surface area contributed by atoms with Gasteiger partial charge in [0.25, 0.3) is 11.6 Å². The molecule has 154 valence electrons. The van der Waals surface area contributed by atoms with Crippen molar-refractivity contribution in [3.05, 3.63) is 64.2 Å². The molecule has 0 atom stereocenters. The normalized spacial score (nSPS) is 10.8. The highest BCUT2D eigenvalue weighted by atomic mass is 32.2. The van der Waals surface area contributed by atoms with Crippen LogP contribution in [0.4, 0.5) is 11.4 Å². The molecule has 2 amide bonds. The first-order chi connectivity index (χ1) is 13.7. The van der Waals surface area contributed by atoms with Gasteiger partial charge in [0.15, 0.2) is 9.84 Å². The first-order valence-corrected chi connectivity index (χ1v) is 10.4. The Morgan fingerprint density at radius 2 is 1.62 bits per heavy atom. The molecule has 11 heteroatoms. The van der Waals surface area contributed by atoms with E-state index in [9.17, 15) is 28.1 Å². The Hall–Kier alpha value is -3.47. The smallest absolute Gasteiger partial charge is 0.269 e. The zero-order chi connectivity index (χ0) is 21.4. The zero-order valence-electron chi connectivity index (χ0n) is 15.5. The van der Waals surface area contributed by atoms with E-state index in [4.69, 9.17) is 0 Å². The second-order valence-corrected chi connectivity index (χ2v) is 8.15. The van der Waals surface area contributed by atoms with E-state index in [-0.39, 0.29) is 22.6 Å². The lowest BCUT2D eigenvalue weighted by molar-refractivity contribution is -0.384. The summed E-state index contributed by atoms with van der Waals surface area (Å²) in [5.74, 6) is -0.959. The van der Waals surface area contributed by atoms with Crippen LogP contribution in [-0.2, 0) is 14.6 Å². The summed E-state index contributed by atoms with van der Waals surface area (Å²) in [6, 6.07) is 11.3. The van der Waals surface area contributed by atoms with Gasteiger partial charge in [0, 0.05) is 42.6 Å². The molecule has 0 saturated carbocycles. The number of hydrogen-bond acceptors (Lipinski definition) is 7. The highest BCUT2D eigenvalue weighted by Gasteiger charge is 2.11. The Kier molecular flexibility index (Phi) is 7.26. The molecule has 0 saturated heterocycles. The van der Waals surface area contributed by atoms with Crippen molar-refractivity contribution in [2.75, 3.05) is 18.1 Å².